The van der Waals surface area contributed by atoms with E-state index in [1.54, 1.807) is 13.2 Å². The molecule has 1 heterocycles. The highest BCUT2D eigenvalue weighted by Gasteiger charge is 2.16. The Bertz CT molecular complexity index is 760. The van der Waals surface area contributed by atoms with Crippen LogP contribution in [0.25, 0.3) is 21.7 Å². The van der Waals surface area contributed by atoms with Crippen LogP contribution in [0.2, 0.25) is 0 Å². The van der Waals surface area contributed by atoms with E-state index >= 15 is 0 Å². The van der Waals surface area contributed by atoms with Gasteiger partial charge in [-0.25, -0.2) is 0 Å². The Morgan fingerprint density at radius 3 is 2.83 bits per heavy atom. The summed E-state index contributed by atoms with van der Waals surface area (Å²) in [7, 11) is 1.57. The summed E-state index contributed by atoms with van der Waals surface area (Å²) < 4.78 is 10.5. The maximum atomic E-state index is 10.7. The maximum Gasteiger partial charge on any atom is 0.434 e. The smallest absolute Gasteiger partial charge is 0.434 e. The van der Waals surface area contributed by atoms with Crippen molar-refractivity contribution in [3.8, 4) is 5.75 Å². The van der Waals surface area contributed by atoms with Crippen LogP contribution in [0.5, 0.6) is 5.75 Å². The van der Waals surface area contributed by atoms with E-state index in [2.05, 4.69) is 0 Å². The van der Waals surface area contributed by atoms with Gasteiger partial charge in [0.05, 0.1) is 13.2 Å². The number of methoxy groups -OCH3 is 1. The van der Waals surface area contributed by atoms with Crippen molar-refractivity contribution >= 4 is 27.6 Å². The summed E-state index contributed by atoms with van der Waals surface area (Å²) in [6, 6.07) is 10.6. The Balaban J connectivity index is 2.47. The van der Waals surface area contributed by atoms with Crippen molar-refractivity contribution in [3.05, 3.63) is 46.5 Å². The molecule has 0 aliphatic heterocycles. The lowest BCUT2D eigenvalue weighted by atomic mass is 10.1. The van der Waals surface area contributed by atoms with Crippen molar-refractivity contribution in [2.75, 3.05) is 7.11 Å². The van der Waals surface area contributed by atoms with E-state index in [0.29, 0.717) is 16.7 Å². The van der Waals surface area contributed by atoms with Gasteiger partial charge in [-0.2, -0.15) is 0 Å². The Labute approximate surface area is 102 Å². The van der Waals surface area contributed by atoms with Gasteiger partial charge in [0.2, 0.25) is 0 Å². The van der Waals surface area contributed by atoms with Gasteiger partial charge in [-0.05, 0) is 17.5 Å². The molecule has 0 aliphatic carbocycles. The van der Waals surface area contributed by atoms with Crippen LogP contribution in [0.3, 0.4) is 0 Å². The van der Waals surface area contributed by atoms with Gasteiger partial charge >= 0.3 is 5.88 Å². The first-order chi connectivity index (χ1) is 8.70. The fraction of sp³-hybridized carbons (Fsp3) is 0.0769. The molecule has 3 aromatic rings. The average Bonchev–Trinajstić information content (AvgIpc) is 2.82. The number of benzene rings is 2. The highest BCUT2D eigenvalue weighted by molar-refractivity contribution is 6.09. The number of hydrogen-bond acceptors (Lipinski definition) is 4. The highest BCUT2D eigenvalue weighted by Crippen LogP contribution is 2.36. The number of rotatable bonds is 2. The minimum Gasteiger partial charge on any atom is -0.496 e. The van der Waals surface area contributed by atoms with Crippen LogP contribution >= 0.6 is 0 Å². The van der Waals surface area contributed by atoms with Crippen LogP contribution in [0.1, 0.15) is 0 Å². The van der Waals surface area contributed by atoms with Crippen LogP contribution in [0.15, 0.2) is 40.8 Å². The standard InChI is InChI=1S/C13H9NO4/c1-17-11-4-2-3-8-5-6-10-9(13(8)11)7-12(18-10)14(15)16/h2-7H,1H3. The predicted molar refractivity (Wildman–Crippen MR) is 66.9 cm³/mol. The fourth-order valence-corrected chi connectivity index (χ4v) is 2.11. The number of furan rings is 1. The molecular formula is C13H9NO4. The summed E-state index contributed by atoms with van der Waals surface area (Å²) in [6.45, 7) is 0. The molecule has 5 heteroatoms. The lowest BCUT2D eigenvalue weighted by Crippen LogP contribution is -1.84. The summed E-state index contributed by atoms with van der Waals surface area (Å²) in [4.78, 5) is 10.2. The zero-order valence-corrected chi connectivity index (χ0v) is 9.54. The summed E-state index contributed by atoms with van der Waals surface area (Å²) >= 11 is 0. The first kappa shape index (κ1) is 10.6. The summed E-state index contributed by atoms with van der Waals surface area (Å²) in [5, 5.41) is 13.2. The zero-order valence-electron chi connectivity index (χ0n) is 9.54. The molecule has 0 N–H and O–H groups in total. The zero-order chi connectivity index (χ0) is 12.7. The van der Waals surface area contributed by atoms with Gasteiger partial charge in [0.25, 0.3) is 0 Å². The third-order valence-electron chi connectivity index (χ3n) is 2.89. The Kier molecular flexibility index (Phi) is 2.19. The van der Waals surface area contributed by atoms with Gasteiger partial charge in [0.15, 0.2) is 0 Å². The maximum absolute atomic E-state index is 10.7. The molecular weight excluding hydrogens is 234 g/mol. The molecule has 0 atom stereocenters. The fourth-order valence-electron chi connectivity index (χ4n) is 2.11. The average molecular weight is 243 g/mol. The Morgan fingerprint density at radius 1 is 1.28 bits per heavy atom. The van der Waals surface area contributed by atoms with Crippen LogP contribution in [0.4, 0.5) is 5.88 Å². The van der Waals surface area contributed by atoms with E-state index in [1.165, 1.54) is 6.07 Å². The van der Waals surface area contributed by atoms with Crippen LogP contribution < -0.4 is 4.74 Å². The molecule has 1 aromatic heterocycles. The number of fused-ring (bicyclic) bond motifs is 3. The van der Waals surface area contributed by atoms with E-state index < -0.39 is 4.92 Å². The van der Waals surface area contributed by atoms with E-state index in [0.717, 1.165) is 10.8 Å². The first-order valence-corrected chi connectivity index (χ1v) is 5.34. The monoisotopic (exact) mass is 243 g/mol. The predicted octanol–water partition coefficient (Wildman–Crippen LogP) is 3.50. The second-order valence-electron chi connectivity index (χ2n) is 3.88. The van der Waals surface area contributed by atoms with Crippen LogP contribution in [-0.2, 0) is 0 Å². The minimum absolute atomic E-state index is 0.261. The summed E-state index contributed by atoms with van der Waals surface area (Å²) in [5.41, 5.74) is 0.485. The molecule has 90 valence electrons. The molecule has 0 amide bonds. The van der Waals surface area contributed by atoms with Crippen molar-refractivity contribution in [2.24, 2.45) is 0 Å². The topological polar surface area (TPSA) is 65.5 Å². The lowest BCUT2D eigenvalue weighted by molar-refractivity contribution is -0.401. The molecule has 0 saturated heterocycles. The quantitative estimate of drug-likeness (QED) is 0.510. The largest absolute Gasteiger partial charge is 0.496 e. The molecule has 0 unspecified atom stereocenters. The third-order valence-corrected chi connectivity index (χ3v) is 2.89. The van der Waals surface area contributed by atoms with E-state index in [4.69, 9.17) is 9.15 Å². The van der Waals surface area contributed by atoms with E-state index in [-0.39, 0.29) is 5.88 Å². The molecule has 0 saturated carbocycles. The van der Waals surface area contributed by atoms with Crippen molar-refractivity contribution in [2.45, 2.75) is 0 Å². The van der Waals surface area contributed by atoms with Gasteiger partial charge in [-0.1, -0.05) is 18.2 Å². The van der Waals surface area contributed by atoms with E-state index in [1.807, 2.05) is 24.3 Å². The van der Waals surface area contributed by atoms with Crippen LogP contribution in [-0.4, -0.2) is 12.0 Å². The number of ether oxygens (including phenoxy) is 1. The molecule has 2 aromatic carbocycles. The first-order valence-electron chi connectivity index (χ1n) is 5.34. The highest BCUT2D eigenvalue weighted by atomic mass is 16.6. The molecule has 0 spiro atoms. The van der Waals surface area contributed by atoms with Crippen molar-refractivity contribution in [3.63, 3.8) is 0 Å². The number of nitro groups is 1. The minimum atomic E-state index is -0.540. The Morgan fingerprint density at radius 2 is 2.11 bits per heavy atom. The number of hydrogen-bond donors (Lipinski definition) is 0. The van der Waals surface area contributed by atoms with Crippen molar-refractivity contribution in [1.29, 1.82) is 0 Å². The summed E-state index contributed by atoms with van der Waals surface area (Å²) in [5.74, 6) is 0.414. The SMILES string of the molecule is COc1cccc2ccc3oc([N+](=O)[O-])cc3c12. The lowest BCUT2D eigenvalue weighted by Gasteiger charge is -2.05. The van der Waals surface area contributed by atoms with Gasteiger partial charge in [-0.15, -0.1) is 0 Å². The normalized spacial score (nSPS) is 10.9. The molecule has 5 nitrogen and oxygen atoms in total. The second kappa shape index (κ2) is 3.73. The summed E-state index contributed by atoms with van der Waals surface area (Å²) in [6.07, 6.45) is 0. The van der Waals surface area contributed by atoms with Gasteiger partial charge in [-0.3, -0.25) is 10.1 Å². The van der Waals surface area contributed by atoms with Gasteiger partial charge in [0, 0.05) is 10.8 Å². The second-order valence-corrected chi connectivity index (χ2v) is 3.88. The molecule has 3 rings (SSSR count). The molecule has 18 heavy (non-hydrogen) atoms. The van der Waals surface area contributed by atoms with Gasteiger partial charge in [0.1, 0.15) is 16.3 Å². The van der Waals surface area contributed by atoms with Crippen molar-refractivity contribution < 1.29 is 14.1 Å². The molecule has 0 radical (unpaired) electrons. The van der Waals surface area contributed by atoms with Crippen molar-refractivity contribution in [1.82, 2.24) is 0 Å². The Hall–Kier alpha value is -2.56. The van der Waals surface area contributed by atoms with E-state index in [9.17, 15) is 10.1 Å². The number of nitrogens with zero attached hydrogens (tertiary/aromatic N) is 1. The van der Waals surface area contributed by atoms with Crippen LogP contribution in [0, 0.1) is 10.1 Å². The molecule has 0 aliphatic rings. The van der Waals surface area contributed by atoms with Gasteiger partial charge < -0.3 is 9.15 Å². The molecule has 0 fully saturated rings. The molecule has 0 bridgehead atoms. The third kappa shape index (κ3) is 1.41.